The van der Waals surface area contributed by atoms with Gasteiger partial charge in [0.25, 0.3) is 0 Å². The molecule has 23 heavy (non-hydrogen) atoms. The van der Waals surface area contributed by atoms with Crippen molar-refractivity contribution in [2.45, 2.75) is 20.3 Å². The molecule has 0 radical (unpaired) electrons. The van der Waals surface area contributed by atoms with Crippen LogP contribution in [0, 0.1) is 6.92 Å². The fraction of sp³-hybridized carbons (Fsp3) is 0.294. The number of hydrogen-bond acceptors (Lipinski definition) is 4. The predicted octanol–water partition coefficient (Wildman–Crippen LogP) is 4.47. The lowest BCUT2D eigenvalue weighted by atomic mass is 10.0. The first-order chi connectivity index (χ1) is 11.1. The van der Waals surface area contributed by atoms with Crippen LogP contribution in [-0.4, -0.2) is 24.4 Å². The monoisotopic (exact) mass is 351 g/mol. The van der Waals surface area contributed by atoms with Crippen molar-refractivity contribution in [2.24, 2.45) is 0 Å². The van der Waals surface area contributed by atoms with E-state index in [-0.39, 0.29) is 24.8 Å². The van der Waals surface area contributed by atoms with Gasteiger partial charge in [-0.1, -0.05) is 29.8 Å². The summed E-state index contributed by atoms with van der Waals surface area (Å²) in [4.78, 5) is 24.1. The maximum atomic E-state index is 12.3. The summed E-state index contributed by atoms with van der Waals surface area (Å²) in [6.07, 6.45) is 0.196. The molecule has 0 saturated heterocycles. The predicted molar refractivity (Wildman–Crippen MR) is 94.4 cm³/mol. The zero-order valence-corrected chi connectivity index (χ0v) is 14.6. The summed E-state index contributed by atoms with van der Waals surface area (Å²) in [6, 6.07) is 7.86. The molecule has 1 heterocycles. The third-order valence-electron chi connectivity index (χ3n) is 3.21. The summed E-state index contributed by atoms with van der Waals surface area (Å²) in [6.45, 7) is 4.03. The van der Waals surface area contributed by atoms with E-state index in [1.54, 1.807) is 6.92 Å². The minimum absolute atomic E-state index is 0.196. The van der Waals surface area contributed by atoms with E-state index in [1.807, 2.05) is 36.6 Å². The molecule has 6 heteroatoms. The minimum atomic E-state index is -0.439. The smallest absolute Gasteiger partial charge is 0.341 e. The molecular weight excluding hydrogens is 334 g/mol. The largest absolute Gasteiger partial charge is 0.462 e. The lowest BCUT2D eigenvalue weighted by molar-refractivity contribution is -0.115. The number of ether oxygens (including phenoxy) is 1. The van der Waals surface area contributed by atoms with E-state index < -0.39 is 5.97 Å². The van der Waals surface area contributed by atoms with E-state index >= 15 is 0 Å². The van der Waals surface area contributed by atoms with Crippen molar-refractivity contribution in [3.8, 4) is 11.1 Å². The number of anilines is 1. The minimum Gasteiger partial charge on any atom is -0.462 e. The molecule has 1 N–H and O–H groups in total. The first-order valence-electron chi connectivity index (χ1n) is 7.28. The van der Waals surface area contributed by atoms with Gasteiger partial charge >= 0.3 is 5.97 Å². The number of rotatable bonds is 6. The average molecular weight is 352 g/mol. The van der Waals surface area contributed by atoms with Gasteiger partial charge in [0.05, 0.1) is 6.61 Å². The zero-order valence-electron chi connectivity index (χ0n) is 13.0. The Morgan fingerprint density at radius 3 is 2.57 bits per heavy atom. The summed E-state index contributed by atoms with van der Waals surface area (Å²) >= 11 is 6.89. The van der Waals surface area contributed by atoms with E-state index in [9.17, 15) is 9.59 Å². The van der Waals surface area contributed by atoms with Crippen LogP contribution in [0.5, 0.6) is 0 Å². The van der Waals surface area contributed by atoms with Crippen molar-refractivity contribution in [3.63, 3.8) is 0 Å². The van der Waals surface area contributed by atoms with E-state index in [0.717, 1.165) is 16.7 Å². The van der Waals surface area contributed by atoms with Gasteiger partial charge in [0.2, 0.25) is 5.91 Å². The second-order valence-electron chi connectivity index (χ2n) is 4.93. The number of alkyl halides is 1. The Bertz CT molecular complexity index is 694. The van der Waals surface area contributed by atoms with E-state index in [4.69, 9.17) is 16.3 Å². The third-order valence-corrected chi connectivity index (χ3v) is 4.29. The number of carbonyl (C=O) groups is 2. The van der Waals surface area contributed by atoms with Crippen molar-refractivity contribution >= 4 is 39.8 Å². The number of carbonyl (C=O) groups excluding carboxylic acids is 2. The topological polar surface area (TPSA) is 55.4 Å². The Kier molecular flexibility index (Phi) is 6.19. The molecule has 2 aromatic rings. The first-order valence-corrected chi connectivity index (χ1v) is 8.69. The molecule has 0 aliphatic heterocycles. The van der Waals surface area contributed by atoms with Gasteiger partial charge in [0.15, 0.2) is 0 Å². The summed E-state index contributed by atoms with van der Waals surface area (Å²) in [5, 5.41) is 5.10. The van der Waals surface area contributed by atoms with Gasteiger partial charge in [-0.15, -0.1) is 22.9 Å². The summed E-state index contributed by atoms with van der Waals surface area (Å²) in [7, 11) is 0. The molecule has 1 aromatic heterocycles. The normalized spacial score (nSPS) is 10.4. The van der Waals surface area contributed by atoms with Gasteiger partial charge < -0.3 is 10.1 Å². The maximum Gasteiger partial charge on any atom is 0.341 e. The molecule has 0 spiro atoms. The highest BCUT2D eigenvalue weighted by molar-refractivity contribution is 7.15. The molecule has 122 valence electrons. The number of aryl methyl sites for hydroxylation is 1. The molecular formula is C17H18ClNO3S. The van der Waals surface area contributed by atoms with E-state index in [1.165, 1.54) is 11.3 Å². The van der Waals surface area contributed by atoms with Crippen LogP contribution in [0.4, 0.5) is 5.00 Å². The molecule has 0 fully saturated rings. The van der Waals surface area contributed by atoms with Crippen LogP contribution in [0.15, 0.2) is 29.6 Å². The Balaban J connectivity index is 2.42. The quantitative estimate of drug-likeness (QED) is 0.617. The number of amides is 1. The molecule has 0 aliphatic carbocycles. The molecule has 1 amide bonds. The van der Waals surface area contributed by atoms with Gasteiger partial charge in [-0.25, -0.2) is 4.79 Å². The molecule has 0 aliphatic rings. The zero-order chi connectivity index (χ0) is 16.8. The SMILES string of the molecule is CCOC(=O)c1c(-c2ccc(C)cc2)csc1NC(=O)CCCl. The van der Waals surface area contributed by atoms with Gasteiger partial charge in [-0.2, -0.15) is 0 Å². The van der Waals surface area contributed by atoms with Crippen molar-refractivity contribution in [3.05, 3.63) is 40.8 Å². The van der Waals surface area contributed by atoms with Crippen molar-refractivity contribution in [1.82, 2.24) is 0 Å². The van der Waals surface area contributed by atoms with Crippen LogP contribution < -0.4 is 5.32 Å². The fourth-order valence-corrected chi connectivity index (χ4v) is 3.22. The van der Waals surface area contributed by atoms with Gasteiger partial charge in [-0.3, -0.25) is 4.79 Å². The van der Waals surface area contributed by atoms with Gasteiger partial charge in [-0.05, 0) is 19.4 Å². The summed E-state index contributed by atoms with van der Waals surface area (Å²) < 4.78 is 5.14. The van der Waals surface area contributed by atoms with Crippen LogP contribution in [0.25, 0.3) is 11.1 Å². The van der Waals surface area contributed by atoms with Crippen LogP contribution in [-0.2, 0) is 9.53 Å². The maximum absolute atomic E-state index is 12.3. The molecule has 0 unspecified atom stereocenters. The first kappa shape index (κ1) is 17.5. The number of thiophene rings is 1. The Hall–Kier alpha value is -1.85. The number of esters is 1. The Morgan fingerprint density at radius 1 is 1.26 bits per heavy atom. The Labute approximate surface area is 144 Å². The van der Waals surface area contributed by atoms with Crippen LogP contribution in [0.2, 0.25) is 0 Å². The highest BCUT2D eigenvalue weighted by Crippen LogP contribution is 2.36. The van der Waals surface area contributed by atoms with Crippen molar-refractivity contribution in [1.29, 1.82) is 0 Å². The van der Waals surface area contributed by atoms with Crippen molar-refractivity contribution in [2.75, 3.05) is 17.8 Å². The number of hydrogen-bond donors (Lipinski definition) is 1. The van der Waals surface area contributed by atoms with Crippen molar-refractivity contribution < 1.29 is 14.3 Å². The number of halogens is 1. The number of nitrogens with one attached hydrogen (secondary N) is 1. The summed E-state index contributed by atoms with van der Waals surface area (Å²) in [5.41, 5.74) is 3.20. The number of benzene rings is 1. The standard InChI is InChI=1S/C17H18ClNO3S/c1-3-22-17(21)15-13(12-6-4-11(2)5-7-12)10-23-16(15)19-14(20)8-9-18/h4-7,10H,3,8-9H2,1-2H3,(H,19,20). The fourth-order valence-electron chi connectivity index (χ4n) is 2.08. The van der Waals surface area contributed by atoms with Crippen LogP contribution in [0.1, 0.15) is 29.3 Å². The van der Waals surface area contributed by atoms with Gasteiger partial charge in [0.1, 0.15) is 10.6 Å². The molecule has 1 aromatic carbocycles. The molecule has 4 nitrogen and oxygen atoms in total. The molecule has 0 saturated carbocycles. The average Bonchev–Trinajstić information content (AvgIpc) is 2.92. The highest BCUT2D eigenvalue weighted by Gasteiger charge is 2.22. The second kappa shape index (κ2) is 8.13. The van der Waals surface area contributed by atoms with Crippen LogP contribution >= 0.6 is 22.9 Å². The van der Waals surface area contributed by atoms with Gasteiger partial charge in [0, 0.05) is 23.2 Å². The second-order valence-corrected chi connectivity index (χ2v) is 6.18. The Morgan fingerprint density at radius 2 is 1.96 bits per heavy atom. The lowest BCUT2D eigenvalue weighted by Gasteiger charge is -2.08. The molecule has 0 bridgehead atoms. The molecule has 2 rings (SSSR count). The lowest BCUT2D eigenvalue weighted by Crippen LogP contribution is -2.14. The molecule has 0 atom stereocenters. The third kappa shape index (κ3) is 4.33. The summed E-state index contributed by atoms with van der Waals surface area (Å²) in [5.74, 6) is -0.426. The highest BCUT2D eigenvalue weighted by atomic mass is 35.5. The van der Waals surface area contributed by atoms with Crippen LogP contribution in [0.3, 0.4) is 0 Å². The van der Waals surface area contributed by atoms with E-state index in [2.05, 4.69) is 5.32 Å². The van der Waals surface area contributed by atoms with E-state index in [0.29, 0.717) is 10.6 Å².